The molecule has 172 valence electrons. The van der Waals surface area contributed by atoms with E-state index in [1.54, 1.807) is 13.0 Å². The van der Waals surface area contributed by atoms with Crippen LogP contribution in [0, 0.1) is 29.4 Å². The monoisotopic (exact) mass is 442 g/mol. The molecule has 32 heavy (non-hydrogen) atoms. The molecule has 0 spiro atoms. The van der Waals surface area contributed by atoms with Crippen LogP contribution in [-0.4, -0.2) is 6.61 Å². The summed E-state index contributed by atoms with van der Waals surface area (Å²) in [5.74, 6) is -0.728. The van der Waals surface area contributed by atoms with Gasteiger partial charge in [-0.3, -0.25) is 0 Å². The lowest BCUT2D eigenvalue weighted by Gasteiger charge is -2.41. The molecule has 4 heteroatoms. The summed E-state index contributed by atoms with van der Waals surface area (Å²) in [6.07, 6.45) is 14.6. The molecule has 1 aromatic carbocycles. The zero-order chi connectivity index (χ0) is 22.4. The molecule has 0 amide bonds. The quantitative estimate of drug-likeness (QED) is 0.418. The van der Waals surface area contributed by atoms with Gasteiger partial charge in [0.25, 0.3) is 0 Å². The van der Waals surface area contributed by atoms with Crippen LogP contribution in [0.15, 0.2) is 42.5 Å². The second-order valence-corrected chi connectivity index (χ2v) is 10.1. The van der Waals surface area contributed by atoms with Crippen molar-refractivity contribution >= 4 is 0 Å². The van der Waals surface area contributed by atoms with E-state index in [0.29, 0.717) is 24.0 Å². The first-order chi connectivity index (χ1) is 15.5. The summed E-state index contributed by atoms with van der Waals surface area (Å²) < 4.78 is 50.4. The van der Waals surface area contributed by atoms with Crippen molar-refractivity contribution in [2.75, 3.05) is 6.61 Å². The topological polar surface area (TPSA) is 9.23 Å². The van der Waals surface area contributed by atoms with E-state index in [2.05, 4.69) is 12.7 Å². The molecule has 0 aromatic heterocycles. The Morgan fingerprint density at radius 3 is 2.22 bits per heavy atom. The maximum Gasteiger partial charge on any atom is 0.163 e. The Bertz CT molecular complexity index is 946. The second kappa shape index (κ2) is 8.76. The third-order valence-corrected chi connectivity index (χ3v) is 8.63. The fraction of sp³-hybridized carbons (Fsp3) is 0.571. The standard InChI is InChI=1S/C28H33F3O/c1-3-16-5-7-17(8-6-16)18-9-11-19(12-10-18)21-15-22-20-13-14-23(32-4-2)27(30)24(20)25(22)28(31)26(21)29/h3,13-20,24H,1,4-12H2,2H3. The predicted molar refractivity (Wildman–Crippen MR) is 121 cm³/mol. The molecule has 4 aliphatic carbocycles. The summed E-state index contributed by atoms with van der Waals surface area (Å²) in [5, 5.41) is 0. The minimum absolute atomic E-state index is 0.0570. The molecule has 2 atom stereocenters. The van der Waals surface area contributed by atoms with E-state index in [0.717, 1.165) is 37.2 Å². The van der Waals surface area contributed by atoms with Gasteiger partial charge in [0.2, 0.25) is 0 Å². The van der Waals surface area contributed by atoms with Crippen LogP contribution in [0.2, 0.25) is 0 Å². The summed E-state index contributed by atoms with van der Waals surface area (Å²) in [6.45, 7) is 6.06. The predicted octanol–water partition coefficient (Wildman–Crippen LogP) is 8.20. The minimum Gasteiger partial charge on any atom is -0.491 e. The first kappa shape index (κ1) is 21.9. The van der Waals surface area contributed by atoms with Crippen molar-refractivity contribution < 1.29 is 17.9 Å². The average molecular weight is 443 g/mol. The number of allylic oxidation sites excluding steroid dienone is 4. The van der Waals surface area contributed by atoms with Gasteiger partial charge in [0.1, 0.15) is 0 Å². The van der Waals surface area contributed by atoms with Crippen molar-refractivity contribution in [1.29, 1.82) is 0 Å². The Kier molecular flexibility index (Phi) is 5.98. The molecule has 5 rings (SSSR count). The molecule has 4 aliphatic rings. The van der Waals surface area contributed by atoms with Crippen molar-refractivity contribution in [2.24, 2.45) is 17.8 Å². The van der Waals surface area contributed by atoms with Crippen LogP contribution >= 0.6 is 0 Å². The molecule has 0 N–H and O–H groups in total. The number of halogens is 3. The Labute approximate surface area is 189 Å². The second-order valence-electron chi connectivity index (χ2n) is 10.1. The van der Waals surface area contributed by atoms with Crippen molar-refractivity contribution in [3.8, 4) is 0 Å². The van der Waals surface area contributed by atoms with Gasteiger partial charge in [-0.1, -0.05) is 18.2 Å². The normalized spacial score (nSPS) is 33.9. The van der Waals surface area contributed by atoms with Crippen LogP contribution in [0.5, 0.6) is 0 Å². The van der Waals surface area contributed by atoms with Gasteiger partial charge in [0, 0.05) is 11.5 Å². The molecule has 0 aliphatic heterocycles. The van der Waals surface area contributed by atoms with Crippen LogP contribution in [-0.2, 0) is 4.74 Å². The van der Waals surface area contributed by atoms with Crippen LogP contribution in [0.25, 0.3) is 0 Å². The van der Waals surface area contributed by atoms with Crippen LogP contribution in [0.4, 0.5) is 13.2 Å². The summed E-state index contributed by atoms with van der Waals surface area (Å²) in [7, 11) is 0. The van der Waals surface area contributed by atoms with Crippen LogP contribution in [0.3, 0.4) is 0 Å². The molecule has 2 unspecified atom stereocenters. The molecule has 0 radical (unpaired) electrons. The number of ether oxygens (including phenoxy) is 1. The third kappa shape index (κ3) is 3.54. The van der Waals surface area contributed by atoms with Crippen LogP contribution < -0.4 is 0 Å². The lowest BCUT2D eigenvalue weighted by Crippen LogP contribution is -2.30. The average Bonchev–Trinajstić information content (AvgIpc) is 2.81. The fourth-order valence-electron chi connectivity index (χ4n) is 6.78. The largest absolute Gasteiger partial charge is 0.491 e. The zero-order valence-electron chi connectivity index (χ0n) is 18.9. The van der Waals surface area contributed by atoms with E-state index in [-0.39, 0.29) is 23.2 Å². The lowest BCUT2D eigenvalue weighted by atomic mass is 9.63. The van der Waals surface area contributed by atoms with Gasteiger partial charge in [-0.05, 0) is 99.2 Å². The SMILES string of the molecule is C=CC1CCC(C2CCC(c3cc4c(c(F)c3F)C3C(F)=C(OCC)C=CC43)CC2)CC1. The summed E-state index contributed by atoms with van der Waals surface area (Å²) in [6, 6.07) is 1.83. The third-order valence-electron chi connectivity index (χ3n) is 8.63. The maximum absolute atomic E-state index is 15.2. The molecule has 2 saturated carbocycles. The summed E-state index contributed by atoms with van der Waals surface area (Å²) >= 11 is 0. The maximum atomic E-state index is 15.2. The van der Waals surface area contributed by atoms with Gasteiger partial charge in [0.15, 0.2) is 23.2 Å². The van der Waals surface area contributed by atoms with Crippen molar-refractivity contribution in [3.63, 3.8) is 0 Å². The van der Waals surface area contributed by atoms with E-state index < -0.39 is 23.4 Å². The van der Waals surface area contributed by atoms with Gasteiger partial charge < -0.3 is 4.74 Å². The number of hydrogen-bond donors (Lipinski definition) is 0. The fourth-order valence-corrected chi connectivity index (χ4v) is 6.78. The Morgan fingerprint density at radius 2 is 1.59 bits per heavy atom. The number of benzene rings is 1. The van der Waals surface area contributed by atoms with Crippen LogP contribution in [0.1, 0.15) is 92.7 Å². The molecule has 1 nitrogen and oxygen atoms in total. The number of rotatable bonds is 5. The molecular weight excluding hydrogens is 409 g/mol. The molecule has 0 bridgehead atoms. The molecule has 0 heterocycles. The first-order valence-corrected chi connectivity index (χ1v) is 12.4. The molecule has 1 aromatic rings. The van der Waals surface area contributed by atoms with E-state index in [1.165, 1.54) is 25.7 Å². The Hall–Kier alpha value is -1.97. The highest BCUT2D eigenvalue weighted by Crippen LogP contribution is 2.57. The Balaban J connectivity index is 1.31. The summed E-state index contributed by atoms with van der Waals surface area (Å²) in [4.78, 5) is 0. The van der Waals surface area contributed by atoms with Crippen molar-refractivity contribution in [1.82, 2.24) is 0 Å². The highest BCUT2D eigenvalue weighted by Gasteiger charge is 2.46. The van der Waals surface area contributed by atoms with Gasteiger partial charge in [-0.25, -0.2) is 13.2 Å². The Morgan fingerprint density at radius 1 is 0.938 bits per heavy atom. The first-order valence-electron chi connectivity index (χ1n) is 12.4. The zero-order valence-corrected chi connectivity index (χ0v) is 18.9. The highest BCUT2D eigenvalue weighted by atomic mass is 19.2. The highest BCUT2D eigenvalue weighted by molar-refractivity contribution is 5.58. The van der Waals surface area contributed by atoms with E-state index in [4.69, 9.17) is 4.74 Å². The molecule has 0 saturated heterocycles. The van der Waals surface area contributed by atoms with Crippen molar-refractivity contribution in [2.45, 2.75) is 76.0 Å². The van der Waals surface area contributed by atoms with Gasteiger partial charge >= 0.3 is 0 Å². The van der Waals surface area contributed by atoms with Gasteiger partial charge in [0.05, 0.1) is 12.5 Å². The van der Waals surface area contributed by atoms with E-state index in [9.17, 15) is 4.39 Å². The van der Waals surface area contributed by atoms with Gasteiger partial charge in [-0.15, -0.1) is 6.58 Å². The van der Waals surface area contributed by atoms with E-state index in [1.807, 2.05) is 12.1 Å². The van der Waals surface area contributed by atoms with Crippen molar-refractivity contribution in [3.05, 3.63) is 70.8 Å². The number of hydrogen-bond acceptors (Lipinski definition) is 1. The number of fused-ring (bicyclic) bond motifs is 4. The minimum atomic E-state index is -0.857. The smallest absolute Gasteiger partial charge is 0.163 e. The van der Waals surface area contributed by atoms with Gasteiger partial charge in [-0.2, -0.15) is 0 Å². The molecule has 2 fully saturated rings. The summed E-state index contributed by atoms with van der Waals surface area (Å²) in [5.41, 5.74) is 1.43. The molecular formula is C28H33F3O. The van der Waals surface area contributed by atoms with E-state index >= 15 is 8.78 Å². The lowest BCUT2D eigenvalue weighted by molar-refractivity contribution is 0.170.